The number of rotatable bonds is 10. The lowest BCUT2D eigenvalue weighted by atomic mass is 10.2. The van der Waals surface area contributed by atoms with E-state index in [1.165, 1.54) is 11.0 Å². The standard InChI is InChI=1S/C23H32F2N4O2/c1-5-6-12-28(23(31)26-21-10-9-18(24)13-20(21)25)16-22(30)29(14-17(2)3)15-19-8-7-11-27(19)4/h7-11,13,17H,5-6,12,14-16H2,1-4H3,(H,26,31). The molecule has 6 nitrogen and oxygen atoms in total. The largest absolute Gasteiger partial charge is 0.353 e. The minimum atomic E-state index is -0.861. The number of hydrogen-bond donors (Lipinski definition) is 1. The molecular weight excluding hydrogens is 402 g/mol. The van der Waals surface area contributed by atoms with Crippen LogP contribution in [-0.2, 0) is 18.4 Å². The predicted molar refractivity (Wildman–Crippen MR) is 118 cm³/mol. The highest BCUT2D eigenvalue weighted by molar-refractivity contribution is 5.92. The van der Waals surface area contributed by atoms with Gasteiger partial charge in [0.2, 0.25) is 5.91 Å². The van der Waals surface area contributed by atoms with Gasteiger partial charge in [-0.05, 0) is 36.6 Å². The fourth-order valence-electron chi connectivity index (χ4n) is 3.20. The van der Waals surface area contributed by atoms with Crippen LogP contribution in [0.3, 0.4) is 0 Å². The summed E-state index contributed by atoms with van der Waals surface area (Å²) < 4.78 is 29.1. The lowest BCUT2D eigenvalue weighted by Crippen LogP contribution is -2.45. The number of halogens is 2. The van der Waals surface area contributed by atoms with Gasteiger partial charge in [0.05, 0.1) is 12.2 Å². The van der Waals surface area contributed by atoms with E-state index in [1.54, 1.807) is 4.90 Å². The van der Waals surface area contributed by atoms with Crippen molar-refractivity contribution < 1.29 is 18.4 Å². The SMILES string of the molecule is CCCCN(CC(=O)N(Cc1cccn1C)CC(C)C)C(=O)Nc1ccc(F)cc1F. The van der Waals surface area contributed by atoms with Crippen molar-refractivity contribution in [3.05, 3.63) is 53.9 Å². The van der Waals surface area contributed by atoms with E-state index in [4.69, 9.17) is 0 Å². The number of unbranched alkanes of at least 4 members (excludes halogenated alkanes) is 1. The number of benzene rings is 1. The molecule has 0 aliphatic carbocycles. The van der Waals surface area contributed by atoms with Crippen molar-refractivity contribution in [3.63, 3.8) is 0 Å². The Morgan fingerprint density at radius 2 is 1.90 bits per heavy atom. The lowest BCUT2D eigenvalue weighted by Gasteiger charge is -2.29. The predicted octanol–water partition coefficient (Wildman–Crippen LogP) is 4.62. The zero-order valence-corrected chi connectivity index (χ0v) is 18.7. The van der Waals surface area contributed by atoms with E-state index in [2.05, 4.69) is 5.32 Å². The maximum absolute atomic E-state index is 14.0. The Morgan fingerprint density at radius 3 is 2.48 bits per heavy atom. The number of nitrogens with one attached hydrogen (secondary N) is 1. The van der Waals surface area contributed by atoms with Crippen LogP contribution in [0.25, 0.3) is 0 Å². The van der Waals surface area contributed by atoms with Gasteiger partial charge >= 0.3 is 6.03 Å². The highest BCUT2D eigenvalue weighted by Crippen LogP contribution is 2.16. The molecule has 0 saturated heterocycles. The van der Waals surface area contributed by atoms with Crippen LogP contribution in [0.15, 0.2) is 36.5 Å². The third kappa shape index (κ3) is 7.38. The van der Waals surface area contributed by atoms with Crippen LogP contribution >= 0.6 is 0 Å². The first-order chi connectivity index (χ1) is 14.7. The van der Waals surface area contributed by atoms with Crippen LogP contribution in [0.1, 0.15) is 39.3 Å². The summed E-state index contributed by atoms with van der Waals surface area (Å²) in [5.74, 6) is -1.50. The van der Waals surface area contributed by atoms with Crippen LogP contribution in [0.2, 0.25) is 0 Å². The number of aromatic nitrogens is 1. The normalized spacial score (nSPS) is 10.9. The summed E-state index contributed by atoms with van der Waals surface area (Å²) in [7, 11) is 1.92. The van der Waals surface area contributed by atoms with Gasteiger partial charge in [0.15, 0.2) is 0 Å². The van der Waals surface area contributed by atoms with Crippen molar-refractivity contribution in [1.82, 2.24) is 14.4 Å². The number of nitrogens with zero attached hydrogens (tertiary/aromatic N) is 3. The molecule has 0 aliphatic rings. The molecule has 1 heterocycles. The first-order valence-corrected chi connectivity index (χ1v) is 10.6. The van der Waals surface area contributed by atoms with Crippen molar-refractivity contribution in [2.24, 2.45) is 13.0 Å². The fourth-order valence-corrected chi connectivity index (χ4v) is 3.20. The average Bonchev–Trinajstić information content (AvgIpc) is 3.10. The van der Waals surface area contributed by atoms with Gasteiger partial charge in [-0.15, -0.1) is 0 Å². The number of carbonyl (C=O) groups is 2. The number of amides is 3. The Morgan fingerprint density at radius 1 is 1.16 bits per heavy atom. The topological polar surface area (TPSA) is 57.6 Å². The van der Waals surface area contributed by atoms with Gasteiger partial charge < -0.3 is 19.7 Å². The first kappa shape index (κ1) is 24.4. The average molecular weight is 435 g/mol. The molecule has 0 aliphatic heterocycles. The van der Waals surface area contributed by atoms with E-state index in [9.17, 15) is 18.4 Å². The van der Waals surface area contributed by atoms with Crippen LogP contribution in [-0.4, -0.2) is 45.9 Å². The van der Waals surface area contributed by atoms with Gasteiger partial charge in [-0.2, -0.15) is 0 Å². The second-order valence-electron chi connectivity index (χ2n) is 8.11. The van der Waals surface area contributed by atoms with Crippen LogP contribution in [0.5, 0.6) is 0 Å². The van der Waals surface area contributed by atoms with Crippen LogP contribution in [0.4, 0.5) is 19.3 Å². The van der Waals surface area contributed by atoms with Crippen molar-refractivity contribution in [2.45, 2.75) is 40.2 Å². The zero-order chi connectivity index (χ0) is 23.0. The maximum atomic E-state index is 14.0. The van der Waals surface area contributed by atoms with E-state index in [-0.39, 0.29) is 24.1 Å². The molecule has 3 amide bonds. The molecule has 8 heteroatoms. The van der Waals surface area contributed by atoms with E-state index in [0.717, 1.165) is 18.2 Å². The van der Waals surface area contributed by atoms with Gasteiger partial charge in [-0.1, -0.05) is 27.2 Å². The number of carbonyl (C=O) groups excluding carboxylic acids is 2. The minimum absolute atomic E-state index is 0.119. The summed E-state index contributed by atoms with van der Waals surface area (Å²) in [6.45, 7) is 7.28. The minimum Gasteiger partial charge on any atom is -0.353 e. The van der Waals surface area contributed by atoms with Crippen LogP contribution < -0.4 is 5.32 Å². The molecular formula is C23H32F2N4O2. The number of hydrogen-bond acceptors (Lipinski definition) is 2. The van der Waals surface area contributed by atoms with Gasteiger partial charge in [0, 0.05) is 38.1 Å². The molecule has 0 saturated carbocycles. The second-order valence-corrected chi connectivity index (χ2v) is 8.11. The van der Waals surface area contributed by atoms with Gasteiger partial charge in [0.1, 0.15) is 18.2 Å². The maximum Gasteiger partial charge on any atom is 0.322 e. The summed E-state index contributed by atoms with van der Waals surface area (Å²) in [5.41, 5.74) is 0.870. The number of anilines is 1. The quantitative estimate of drug-likeness (QED) is 0.593. The summed E-state index contributed by atoms with van der Waals surface area (Å²) in [6, 6.07) is 6.25. The third-order valence-electron chi connectivity index (χ3n) is 4.91. The second kappa shape index (κ2) is 11.5. The molecule has 1 N–H and O–H groups in total. The molecule has 0 fully saturated rings. The third-order valence-corrected chi connectivity index (χ3v) is 4.91. The van der Waals surface area contributed by atoms with Crippen molar-refractivity contribution >= 4 is 17.6 Å². The molecule has 1 aromatic heterocycles. The van der Waals surface area contributed by atoms with E-state index in [0.29, 0.717) is 32.1 Å². The molecule has 0 spiro atoms. The Labute approximate surface area is 182 Å². The Kier molecular flexibility index (Phi) is 9.03. The summed E-state index contributed by atoms with van der Waals surface area (Å²) in [4.78, 5) is 29.0. The summed E-state index contributed by atoms with van der Waals surface area (Å²) >= 11 is 0. The summed E-state index contributed by atoms with van der Waals surface area (Å²) in [5, 5.41) is 2.46. The number of aryl methyl sites for hydroxylation is 1. The van der Waals surface area contributed by atoms with E-state index in [1.807, 2.05) is 50.7 Å². The lowest BCUT2D eigenvalue weighted by molar-refractivity contribution is -0.133. The fraction of sp³-hybridized carbons (Fsp3) is 0.478. The molecule has 0 bridgehead atoms. The highest BCUT2D eigenvalue weighted by Gasteiger charge is 2.23. The van der Waals surface area contributed by atoms with Crippen LogP contribution in [0, 0.1) is 17.6 Å². The van der Waals surface area contributed by atoms with Crippen molar-refractivity contribution in [2.75, 3.05) is 25.0 Å². The molecule has 1 aromatic carbocycles. The smallest absolute Gasteiger partial charge is 0.322 e. The Hall–Kier alpha value is -2.90. The Balaban J connectivity index is 2.14. The molecule has 170 valence electrons. The number of urea groups is 1. The van der Waals surface area contributed by atoms with Gasteiger partial charge in [-0.3, -0.25) is 4.79 Å². The molecule has 0 radical (unpaired) electrons. The zero-order valence-electron chi connectivity index (χ0n) is 18.7. The van der Waals surface area contributed by atoms with Gasteiger partial charge in [-0.25, -0.2) is 13.6 Å². The highest BCUT2D eigenvalue weighted by atomic mass is 19.1. The first-order valence-electron chi connectivity index (χ1n) is 10.6. The van der Waals surface area contributed by atoms with E-state index < -0.39 is 17.7 Å². The molecule has 2 aromatic rings. The monoisotopic (exact) mass is 434 g/mol. The Bertz CT molecular complexity index is 882. The molecule has 2 rings (SSSR count). The van der Waals surface area contributed by atoms with Crippen molar-refractivity contribution in [3.8, 4) is 0 Å². The molecule has 0 atom stereocenters. The molecule has 31 heavy (non-hydrogen) atoms. The summed E-state index contributed by atoms with van der Waals surface area (Å²) in [6.07, 6.45) is 3.46. The van der Waals surface area contributed by atoms with Crippen molar-refractivity contribution in [1.29, 1.82) is 0 Å². The molecule has 0 unspecified atom stereocenters. The van der Waals surface area contributed by atoms with E-state index >= 15 is 0 Å². The van der Waals surface area contributed by atoms with Gasteiger partial charge in [0.25, 0.3) is 0 Å².